The minimum Gasteiger partial charge on any atom is -0.344 e. The number of rotatable bonds is 7. The zero-order valence-corrected chi connectivity index (χ0v) is 19.6. The van der Waals surface area contributed by atoms with Crippen LogP contribution < -0.4 is 5.32 Å². The molecule has 1 N–H and O–H groups in total. The molecule has 1 aliphatic rings. The first kappa shape index (κ1) is 24.4. The lowest BCUT2D eigenvalue weighted by atomic mass is 10.0. The molecule has 0 aromatic heterocycles. The van der Waals surface area contributed by atoms with E-state index in [-0.39, 0.29) is 60.8 Å². The minimum absolute atomic E-state index is 0.0273. The molecule has 8 nitrogen and oxygen atoms in total. The van der Waals surface area contributed by atoms with Gasteiger partial charge in [-0.15, -0.1) is 0 Å². The summed E-state index contributed by atoms with van der Waals surface area (Å²) in [5, 5.41) is 12.1. The Balaban J connectivity index is 1.64. The van der Waals surface area contributed by atoms with E-state index in [1.54, 1.807) is 17.0 Å². The number of amides is 2. The molecular weight excluding hydrogens is 440 g/mol. The maximum Gasteiger partial charge on any atom is 0.245 e. The first-order valence-electron chi connectivity index (χ1n) is 10.9. The number of benzene rings is 2. The molecule has 0 radical (unpaired) electrons. The van der Waals surface area contributed by atoms with Crippen molar-refractivity contribution in [1.29, 1.82) is 5.26 Å². The highest BCUT2D eigenvalue weighted by atomic mass is 32.2. The molecule has 0 unspecified atom stereocenters. The van der Waals surface area contributed by atoms with Crippen LogP contribution in [0, 0.1) is 17.2 Å². The van der Waals surface area contributed by atoms with Crippen molar-refractivity contribution in [2.24, 2.45) is 5.92 Å². The topological polar surface area (TPSA) is 111 Å². The van der Waals surface area contributed by atoms with Gasteiger partial charge in [-0.25, -0.2) is 8.42 Å². The SMILES string of the molecule is CC(C)[C@@H](NC(=O)Cc1ccccc1)C(=O)N1CCN(S(=O)(=O)c2ccccc2C#N)CC1. The van der Waals surface area contributed by atoms with E-state index in [0.717, 1.165) is 5.56 Å². The van der Waals surface area contributed by atoms with Crippen molar-refractivity contribution in [1.82, 2.24) is 14.5 Å². The number of hydrogen-bond acceptors (Lipinski definition) is 5. The van der Waals surface area contributed by atoms with Gasteiger partial charge in [0.05, 0.1) is 16.9 Å². The third kappa shape index (κ3) is 5.78. The van der Waals surface area contributed by atoms with E-state index < -0.39 is 16.1 Å². The fraction of sp³-hybridized carbons (Fsp3) is 0.375. The lowest BCUT2D eigenvalue weighted by molar-refractivity contribution is -0.138. The molecule has 1 atom stereocenters. The Hall–Kier alpha value is -3.22. The van der Waals surface area contributed by atoms with E-state index in [9.17, 15) is 23.3 Å². The summed E-state index contributed by atoms with van der Waals surface area (Å²) < 4.78 is 27.3. The lowest BCUT2D eigenvalue weighted by Crippen LogP contribution is -2.57. The van der Waals surface area contributed by atoms with E-state index in [1.807, 2.05) is 50.2 Å². The number of nitriles is 1. The second-order valence-corrected chi connectivity index (χ2v) is 10.2. The fourth-order valence-electron chi connectivity index (χ4n) is 3.79. The zero-order valence-electron chi connectivity index (χ0n) is 18.8. The third-order valence-electron chi connectivity index (χ3n) is 5.63. The Kier molecular flexibility index (Phi) is 7.84. The van der Waals surface area contributed by atoms with Crippen LogP contribution in [-0.2, 0) is 26.0 Å². The lowest BCUT2D eigenvalue weighted by Gasteiger charge is -2.36. The second kappa shape index (κ2) is 10.6. The molecule has 0 bridgehead atoms. The summed E-state index contributed by atoms with van der Waals surface area (Å²) in [6.45, 7) is 4.40. The number of nitrogens with zero attached hydrogens (tertiary/aromatic N) is 3. The summed E-state index contributed by atoms with van der Waals surface area (Å²) in [5.74, 6) is -0.579. The van der Waals surface area contributed by atoms with Crippen molar-refractivity contribution in [3.63, 3.8) is 0 Å². The number of carbonyl (C=O) groups is 2. The summed E-state index contributed by atoms with van der Waals surface area (Å²) in [6, 6.07) is 16.6. The molecule has 1 saturated heterocycles. The summed E-state index contributed by atoms with van der Waals surface area (Å²) in [6.07, 6.45) is 0.182. The molecule has 2 aromatic carbocycles. The van der Waals surface area contributed by atoms with Gasteiger partial charge in [-0.2, -0.15) is 9.57 Å². The molecule has 2 aromatic rings. The van der Waals surface area contributed by atoms with Crippen LogP contribution in [0.25, 0.3) is 0 Å². The number of sulfonamides is 1. The highest BCUT2D eigenvalue weighted by Gasteiger charge is 2.34. The average molecular weight is 469 g/mol. The molecule has 174 valence electrons. The first-order chi connectivity index (χ1) is 15.7. The molecule has 9 heteroatoms. The Morgan fingerprint density at radius 3 is 2.21 bits per heavy atom. The van der Waals surface area contributed by atoms with Crippen LogP contribution in [-0.4, -0.2) is 61.7 Å². The normalized spacial score (nSPS) is 15.6. The Morgan fingerprint density at radius 1 is 1.00 bits per heavy atom. The van der Waals surface area contributed by atoms with Crippen LogP contribution in [0.1, 0.15) is 25.0 Å². The zero-order chi connectivity index (χ0) is 24.0. The maximum atomic E-state index is 13.2. The van der Waals surface area contributed by atoms with Crippen LogP contribution in [0.15, 0.2) is 59.5 Å². The van der Waals surface area contributed by atoms with Crippen LogP contribution in [0.3, 0.4) is 0 Å². The quantitative estimate of drug-likeness (QED) is 0.666. The van der Waals surface area contributed by atoms with Gasteiger partial charge in [-0.1, -0.05) is 56.3 Å². The van der Waals surface area contributed by atoms with E-state index in [0.29, 0.717) is 0 Å². The molecule has 1 fully saturated rings. The van der Waals surface area contributed by atoms with Crippen molar-refractivity contribution in [3.05, 3.63) is 65.7 Å². The second-order valence-electron chi connectivity index (χ2n) is 8.29. The van der Waals surface area contributed by atoms with Crippen LogP contribution in [0.4, 0.5) is 0 Å². The number of carbonyl (C=O) groups excluding carboxylic acids is 2. The molecule has 0 spiro atoms. The molecule has 0 saturated carbocycles. The summed E-state index contributed by atoms with van der Waals surface area (Å²) in [5.41, 5.74) is 0.957. The maximum absolute atomic E-state index is 13.2. The summed E-state index contributed by atoms with van der Waals surface area (Å²) in [4.78, 5) is 27.2. The van der Waals surface area contributed by atoms with Crippen LogP contribution in [0.2, 0.25) is 0 Å². The third-order valence-corrected chi connectivity index (χ3v) is 7.59. The fourth-order valence-corrected chi connectivity index (χ4v) is 5.35. The van der Waals surface area contributed by atoms with Gasteiger partial charge in [0.2, 0.25) is 21.8 Å². The van der Waals surface area contributed by atoms with Crippen molar-refractivity contribution in [3.8, 4) is 6.07 Å². The summed E-state index contributed by atoms with van der Waals surface area (Å²) >= 11 is 0. The van der Waals surface area contributed by atoms with Gasteiger partial charge in [-0.05, 0) is 23.6 Å². The smallest absolute Gasteiger partial charge is 0.245 e. The number of hydrogen-bond donors (Lipinski definition) is 1. The van der Waals surface area contributed by atoms with Gasteiger partial charge in [0.1, 0.15) is 12.1 Å². The Bertz CT molecular complexity index is 1130. The van der Waals surface area contributed by atoms with Gasteiger partial charge in [0.15, 0.2) is 0 Å². The van der Waals surface area contributed by atoms with Gasteiger partial charge in [-0.3, -0.25) is 9.59 Å². The van der Waals surface area contributed by atoms with Crippen molar-refractivity contribution < 1.29 is 18.0 Å². The van der Waals surface area contributed by atoms with Crippen LogP contribution >= 0.6 is 0 Å². The summed E-state index contributed by atoms with van der Waals surface area (Å²) in [7, 11) is -3.84. The first-order valence-corrected chi connectivity index (χ1v) is 12.3. The van der Waals surface area contributed by atoms with Crippen molar-refractivity contribution in [2.45, 2.75) is 31.2 Å². The van der Waals surface area contributed by atoms with E-state index in [2.05, 4.69) is 5.32 Å². The highest BCUT2D eigenvalue weighted by molar-refractivity contribution is 7.89. The number of nitrogens with one attached hydrogen (secondary N) is 1. The monoisotopic (exact) mass is 468 g/mol. The number of piperazine rings is 1. The van der Waals surface area contributed by atoms with E-state index in [4.69, 9.17) is 0 Å². The standard InChI is InChI=1S/C24H28N4O4S/c1-18(2)23(26-22(29)16-19-8-4-3-5-9-19)24(30)27-12-14-28(15-13-27)33(31,32)21-11-7-6-10-20(21)17-25/h3-11,18,23H,12-16H2,1-2H3,(H,26,29)/t23-/m1/s1. The largest absolute Gasteiger partial charge is 0.344 e. The van der Waals surface area contributed by atoms with E-state index in [1.165, 1.54) is 16.4 Å². The molecule has 2 amide bonds. The molecule has 1 aliphatic heterocycles. The van der Waals surface area contributed by atoms with Gasteiger partial charge >= 0.3 is 0 Å². The van der Waals surface area contributed by atoms with Crippen molar-refractivity contribution >= 4 is 21.8 Å². The van der Waals surface area contributed by atoms with E-state index >= 15 is 0 Å². The molecule has 1 heterocycles. The Morgan fingerprint density at radius 2 is 1.61 bits per heavy atom. The van der Waals surface area contributed by atoms with Gasteiger partial charge in [0, 0.05) is 26.2 Å². The van der Waals surface area contributed by atoms with Crippen molar-refractivity contribution in [2.75, 3.05) is 26.2 Å². The predicted octanol–water partition coefficient (Wildman–Crippen LogP) is 1.77. The molecule has 3 rings (SSSR count). The minimum atomic E-state index is -3.84. The van der Waals surface area contributed by atoms with Gasteiger partial charge in [0.25, 0.3) is 0 Å². The Labute approximate surface area is 194 Å². The predicted molar refractivity (Wildman–Crippen MR) is 123 cm³/mol. The highest BCUT2D eigenvalue weighted by Crippen LogP contribution is 2.21. The molecular formula is C24H28N4O4S. The average Bonchev–Trinajstić information content (AvgIpc) is 2.82. The molecule has 33 heavy (non-hydrogen) atoms. The van der Waals surface area contributed by atoms with Gasteiger partial charge < -0.3 is 10.2 Å². The van der Waals surface area contributed by atoms with Crippen LogP contribution in [0.5, 0.6) is 0 Å². The molecule has 0 aliphatic carbocycles.